The molecule has 4 atom stereocenters. The molecule has 111 heavy (non-hydrogen) atoms. The fourth-order valence-corrected chi connectivity index (χ4v) is 10.9. The van der Waals surface area contributed by atoms with E-state index in [9.17, 15) is 91.8 Å². The number of halogens is 17. The number of alkyl halides is 13. The maximum absolute atomic E-state index is 13.2. The van der Waals surface area contributed by atoms with E-state index in [-0.39, 0.29) is 94.5 Å². The van der Waals surface area contributed by atoms with Crippen LogP contribution in [0.2, 0.25) is 5.15 Å². The Morgan fingerprint density at radius 1 is 0.541 bits per heavy atom. The van der Waals surface area contributed by atoms with E-state index < -0.39 is 104 Å². The standard InChI is InChI=1S/C22H22F3N5O5.C12H7Cl2F3N4O.C12H10F3N4O3.C12H9F3N4O2.C3H8O2.CH4.Cl3OP/c1-32-6-7-35-21-18-15(20(31)30(21)14-10-27-29(11-14)12-22(23,24)25)4-5-16(28-18)13-8-17(33-2)19(34-3)26-9-13;13-8-2-1-7-9(19-8)10(14)21(11(7)22)6-3-18-20(4-6)5-12(15,16)17;13-12(14,15)6-17-5-7(4-16-17)19-10(20)8-2-1-3-18(22)9(8)11(19)21;13-12(14,15)6-18-5-7(4-17-18)19-10(20)8-2-1-3-16-9(8)11(19)21;1-5-3-2-4;;1-5(2,3)4/h4-5,8-11,21H,6-7,12H2,1-3H3;1-4,10H,5H2;1-5,11,21-22H,6H2;1-5,11,21H,6H2;4H,2-3H2,1H3;1H4;/q;;+1;;;;. The van der Waals surface area contributed by atoms with Gasteiger partial charge in [-0.15, -0.1) is 0 Å². The van der Waals surface area contributed by atoms with Crippen molar-refractivity contribution in [3.05, 3.63) is 173 Å². The van der Waals surface area contributed by atoms with Gasteiger partial charge in [-0.3, -0.25) is 72.3 Å². The number of hydrogen-bond acceptors (Lipinski definition) is 22. The Morgan fingerprint density at radius 3 is 1.44 bits per heavy atom. The van der Waals surface area contributed by atoms with E-state index in [1.807, 2.05) is 0 Å². The van der Waals surface area contributed by atoms with Crippen LogP contribution >= 0.6 is 62.1 Å². The Balaban J connectivity index is 0.000000200. The topological polar surface area (TPSA) is 352 Å². The summed E-state index contributed by atoms with van der Waals surface area (Å²) in [7, 11) is 6.00. The summed E-state index contributed by atoms with van der Waals surface area (Å²) in [5.41, 5.74) is 1.99. The van der Waals surface area contributed by atoms with E-state index in [1.165, 1.54) is 75.2 Å². The molecule has 0 spiro atoms. The van der Waals surface area contributed by atoms with Gasteiger partial charge in [0.1, 0.15) is 48.3 Å². The van der Waals surface area contributed by atoms with Gasteiger partial charge in [-0.25, -0.2) is 15.0 Å². The molecule has 0 fully saturated rings. The number of pyridine rings is 5. The van der Waals surface area contributed by atoms with Crippen LogP contribution in [0.15, 0.2) is 123 Å². The predicted molar refractivity (Wildman–Crippen MR) is 368 cm³/mol. The van der Waals surface area contributed by atoms with Crippen molar-refractivity contribution in [1.82, 2.24) is 59.1 Å². The molecule has 0 saturated heterocycles. The zero-order chi connectivity index (χ0) is 81.1. The molecule has 9 aromatic rings. The molecule has 4 aliphatic rings. The largest absolute Gasteiger partial charge is 0.491 e. The number of nitrogens with zero attached hydrogens (tertiary/aromatic N) is 17. The first kappa shape index (κ1) is 88.7. The number of aromatic nitrogens is 13. The van der Waals surface area contributed by atoms with Crippen LogP contribution in [0.5, 0.6) is 11.6 Å². The third kappa shape index (κ3) is 23.1. The lowest BCUT2D eigenvalue weighted by atomic mass is 10.1. The molecule has 0 aromatic carbocycles. The van der Waals surface area contributed by atoms with Crippen molar-refractivity contribution in [3.63, 3.8) is 0 Å². The van der Waals surface area contributed by atoms with Crippen LogP contribution in [-0.2, 0) is 45.0 Å². The number of aliphatic hydroxyl groups is 3. The lowest BCUT2D eigenvalue weighted by molar-refractivity contribution is -0.911. The van der Waals surface area contributed by atoms with Crippen molar-refractivity contribution in [2.45, 2.75) is 82.5 Å². The van der Waals surface area contributed by atoms with Crippen molar-refractivity contribution in [2.24, 2.45) is 0 Å². The number of carbonyl (C=O) groups excluding carboxylic acids is 4. The van der Waals surface area contributed by atoms with Gasteiger partial charge >= 0.3 is 29.9 Å². The van der Waals surface area contributed by atoms with Gasteiger partial charge in [0.25, 0.3) is 35.2 Å². The maximum atomic E-state index is 13.2. The van der Waals surface area contributed by atoms with Gasteiger partial charge in [-0.1, -0.05) is 30.6 Å². The Bertz CT molecular complexity index is 4780. The van der Waals surface area contributed by atoms with Crippen LogP contribution in [0.4, 0.5) is 75.4 Å². The molecule has 0 aliphatic carbocycles. The maximum Gasteiger partial charge on any atom is 0.408 e. The monoisotopic (exact) mass is 1700 g/mol. The third-order valence-corrected chi connectivity index (χ3v) is 15.3. The molecule has 4 aliphatic heterocycles. The number of amides is 4. The van der Waals surface area contributed by atoms with Crippen LogP contribution in [0.25, 0.3) is 11.3 Å². The first-order valence-electron chi connectivity index (χ1n) is 30.6. The number of ether oxygens (including phenoxy) is 5. The molecular weight excluding hydrogens is 1640 g/mol. The molecule has 9 aromatic heterocycles. The van der Waals surface area contributed by atoms with Crippen molar-refractivity contribution in [1.29, 1.82) is 0 Å². The van der Waals surface area contributed by atoms with E-state index in [4.69, 9.17) is 47.3 Å². The summed E-state index contributed by atoms with van der Waals surface area (Å²) in [4.78, 5) is 70.9. The van der Waals surface area contributed by atoms with E-state index in [2.05, 4.69) is 78.8 Å². The van der Waals surface area contributed by atoms with Crippen LogP contribution in [0, 0.1) is 0 Å². The lowest BCUT2D eigenvalue weighted by Gasteiger charge is -2.23. The highest BCUT2D eigenvalue weighted by Crippen LogP contribution is 2.61. The number of anilines is 4. The Kier molecular flexibility index (Phi) is 29.7. The molecule has 600 valence electrons. The number of hydrogen-bond donors (Lipinski definition) is 4. The molecule has 0 radical (unpaired) electrons. The van der Waals surface area contributed by atoms with Gasteiger partial charge in [0.2, 0.25) is 12.4 Å². The van der Waals surface area contributed by atoms with E-state index in [0.29, 0.717) is 58.6 Å². The Hall–Kier alpha value is -9.53. The van der Waals surface area contributed by atoms with Crippen LogP contribution in [0.3, 0.4) is 0 Å². The van der Waals surface area contributed by atoms with Crippen molar-refractivity contribution in [2.75, 3.05) is 74.5 Å². The summed E-state index contributed by atoms with van der Waals surface area (Å²) in [5, 5.41) is 49.2. The molecule has 49 heteroatoms. The number of methoxy groups -OCH3 is 4. The fraction of sp³-hybridized carbons (Fsp3) is 0.339. The number of carbonyl (C=O) groups is 4. The molecule has 0 saturated carbocycles. The third-order valence-electron chi connectivity index (χ3n) is 14.7. The second-order valence-corrected chi connectivity index (χ2v) is 29.8. The molecule has 4 unspecified atom stereocenters. The summed E-state index contributed by atoms with van der Waals surface area (Å²) >= 11 is 25.8. The van der Waals surface area contributed by atoms with Gasteiger partial charge in [0.15, 0.2) is 23.7 Å². The molecule has 13 rings (SSSR count). The highest BCUT2D eigenvalue weighted by molar-refractivity contribution is 8.24. The van der Waals surface area contributed by atoms with Crippen molar-refractivity contribution in [3.8, 4) is 22.9 Å². The number of aliphatic hydroxyl groups excluding tert-OH is 3. The minimum atomic E-state index is -4.46. The van der Waals surface area contributed by atoms with Gasteiger partial charge in [0, 0.05) is 67.8 Å². The zero-order valence-electron chi connectivity index (χ0n) is 56.4. The molecule has 4 amide bonds. The van der Waals surface area contributed by atoms with Crippen molar-refractivity contribution >= 4 is 109 Å². The van der Waals surface area contributed by atoms with E-state index in [1.54, 1.807) is 37.6 Å². The Labute approximate surface area is 642 Å². The molecule has 0 bridgehead atoms. The van der Waals surface area contributed by atoms with E-state index >= 15 is 0 Å². The first-order valence-corrected chi connectivity index (χ1v) is 35.9. The van der Waals surface area contributed by atoms with E-state index in [0.717, 1.165) is 58.1 Å². The van der Waals surface area contributed by atoms with Crippen LogP contribution < -0.4 is 33.8 Å². The second-order valence-electron chi connectivity index (χ2n) is 22.4. The molecule has 13 heterocycles. The van der Waals surface area contributed by atoms with Crippen LogP contribution in [0.1, 0.15) is 95.8 Å². The average molecular weight is 1700 g/mol. The zero-order valence-corrected chi connectivity index (χ0v) is 61.0. The summed E-state index contributed by atoms with van der Waals surface area (Å²) < 4.78 is 188. The summed E-state index contributed by atoms with van der Waals surface area (Å²) in [6.45, 7) is -4.19. The lowest BCUT2D eigenvalue weighted by Crippen LogP contribution is -2.37. The fourth-order valence-electron chi connectivity index (χ4n) is 10.4. The normalized spacial score (nSPS) is 16.3. The smallest absolute Gasteiger partial charge is 0.408 e. The van der Waals surface area contributed by atoms with Gasteiger partial charge < -0.3 is 39.0 Å². The highest BCUT2D eigenvalue weighted by Gasteiger charge is 2.47. The Morgan fingerprint density at radius 2 is 0.982 bits per heavy atom. The number of rotatable bonds is 17. The quantitative estimate of drug-likeness (QED) is 0.00961. The molecule has 4 N–H and O–H groups in total. The minimum absolute atomic E-state index is 0. The van der Waals surface area contributed by atoms with Crippen LogP contribution in [-0.4, -0.2) is 183 Å². The first-order chi connectivity index (χ1) is 51.6. The second kappa shape index (κ2) is 37.2. The highest BCUT2D eigenvalue weighted by atomic mass is 36.0. The SMILES string of the molecule is C.COCCO.COCCOC1c2nc(-c3cnc(OC)c(OC)c3)ccc2C(=O)N1c1cnn(CC(F)(F)F)c1.O=C1c2ccc(Cl)nc2C(Cl)N1c1cnn(CC(F)(F)F)c1.O=C1c2ccc[n+](O)c2C(O)N1c1cnn(CC(F)(F)F)c1.O=C1c2cccnc2C(O)N1c1cnn(CC(F)(F)F)c1.O=P(Cl)(Cl)Cl. The van der Waals surface area contributed by atoms with Gasteiger partial charge in [-0.05, 0) is 82.3 Å². The van der Waals surface area contributed by atoms with Gasteiger partial charge in [-0.2, -0.15) is 73.1 Å². The van der Waals surface area contributed by atoms with Crippen molar-refractivity contribution < 1.29 is 125 Å². The molecule has 31 nitrogen and oxygen atoms in total. The summed E-state index contributed by atoms with van der Waals surface area (Å²) in [6.07, 6.45) is -8.61. The van der Waals surface area contributed by atoms with Gasteiger partial charge in [0.05, 0.1) is 116 Å². The predicted octanol–water partition coefficient (Wildman–Crippen LogP) is 11.8. The average Bonchev–Trinajstić information content (AvgIpc) is 2.05. The minimum Gasteiger partial charge on any atom is -0.491 e. The summed E-state index contributed by atoms with van der Waals surface area (Å²) in [5.74, 6) is -1.41. The number of fused-ring (bicyclic) bond motifs is 4. The molecular formula is C62H60Cl5F12N17O14P+. The summed E-state index contributed by atoms with van der Waals surface area (Å²) in [6, 6.07) is 13.7.